The second kappa shape index (κ2) is 3.68. The summed E-state index contributed by atoms with van der Waals surface area (Å²) < 4.78 is 18.6. The highest BCUT2D eigenvalue weighted by molar-refractivity contribution is 5.91. The molecule has 1 heterocycles. The molecule has 1 saturated heterocycles. The van der Waals surface area contributed by atoms with Crippen molar-refractivity contribution >= 4 is 5.91 Å². The van der Waals surface area contributed by atoms with E-state index in [9.17, 15) is 9.18 Å². The first kappa shape index (κ1) is 11.5. The summed E-state index contributed by atoms with van der Waals surface area (Å²) in [6, 6.07) is 4.79. The van der Waals surface area contributed by atoms with Crippen molar-refractivity contribution in [1.82, 2.24) is 10.2 Å². The van der Waals surface area contributed by atoms with E-state index < -0.39 is 5.82 Å². The molecule has 1 saturated carbocycles. The highest BCUT2D eigenvalue weighted by Crippen LogP contribution is 2.45. The maximum Gasteiger partial charge on any atom is 0.244 e. The average molecular weight is 250 g/mol. The summed E-state index contributed by atoms with van der Waals surface area (Å²) in [6.07, 6.45) is 1.48. The largest absolute Gasteiger partial charge is 0.494 e. The van der Waals surface area contributed by atoms with E-state index in [1.54, 1.807) is 24.1 Å². The van der Waals surface area contributed by atoms with Gasteiger partial charge in [0.2, 0.25) is 5.91 Å². The summed E-state index contributed by atoms with van der Waals surface area (Å²) >= 11 is 0. The van der Waals surface area contributed by atoms with Crippen LogP contribution in [0.4, 0.5) is 4.39 Å². The van der Waals surface area contributed by atoms with E-state index in [2.05, 4.69) is 5.32 Å². The van der Waals surface area contributed by atoms with Gasteiger partial charge in [0.05, 0.1) is 7.11 Å². The van der Waals surface area contributed by atoms with Crippen LogP contribution in [0.15, 0.2) is 18.2 Å². The second-order valence-electron chi connectivity index (χ2n) is 4.94. The number of hydrogen-bond acceptors (Lipinski definition) is 3. The molecule has 1 atom stereocenters. The third-order valence-corrected chi connectivity index (χ3v) is 3.77. The SMILES string of the molecule is COc1ccc(C2NC3(CC3)C(=O)N2C)cc1F. The van der Waals surface area contributed by atoms with Gasteiger partial charge in [-0.25, -0.2) is 4.39 Å². The molecule has 1 aliphatic carbocycles. The highest BCUT2D eigenvalue weighted by Gasteiger charge is 2.58. The van der Waals surface area contributed by atoms with Gasteiger partial charge in [-0.05, 0) is 30.5 Å². The first-order valence-corrected chi connectivity index (χ1v) is 5.96. The fourth-order valence-corrected chi connectivity index (χ4v) is 2.52. The first-order valence-electron chi connectivity index (χ1n) is 5.96. The zero-order valence-corrected chi connectivity index (χ0v) is 10.4. The molecule has 1 aromatic carbocycles. The highest BCUT2D eigenvalue weighted by atomic mass is 19.1. The number of hydrogen-bond donors (Lipinski definition) is 1. The molecule has 0 aromatic heterocycles. The van der Waals surface area contributed by atoms with Crippen molar-refractivity contribution in [2.24, 2.45) is 0 Å². The Labute approximate surface area is 105 Å². The Morgan fingerprint density at radius 1 is 1.50 bits per heavy atom. The minimum Gasteiger partial charge on any atom is -0.494 e. The molecular weight excluding hydrogens is 235 g/mol. The van der Waals surface area contributed by atoms with Crippen LogP contribution in [0.25, 0.3) is 0 Å². The Balaban J connectivity index is 1.91. The maximum atomic E-state index is 13.7. The summed E-state index contributed by atoms with van der Waals surface area (Å²) in [5, 5.41) is 3.29. The van der Waals surface area contributed by atoms with Crippen molar-refractivity contribution in [2.45, 2.75) is 24.5 Å². The van der Waals surface area contributed by atoms with Gasteiger partial charge >= 0.3 is 0 Å². The van der Waals surface area contributed by atoms with Gasteiger partial charge in [-0.15, -0.1) is 0 Å². The fraction of sp³-hybridized carbons (Fsp3) is 0.462. The number of benzene rings is 1. The Morgan fingerprint density at radius 2 is 2.22 bits per heavy atom. The van der Waals surface area contributed by atoms with E-state index in [-0.39, 0.29) is 23.4 Å². The number of methoxy groups -OCH3 is 1. The molecule has 1 aromatic rings. The Hall–Kier alpha value is -1.62. The van der Waals surface area contributed by atoms with Crippen molar-refractivity contribution in [1.29, 1.82) is 0 Å². The van der Waals surface area contributed by atoms with Crippen molar-refractivity contribution in [3.8, 4) is 5.75 Å². The Kier molecular flexibility index (Phi) is 2.35. The van der Waals surface area contributed by atoms with Gasteiger partial charge in [0.25, 0.3) is 0 Å². The number of halogens is 1. The van der Waals surface area contributed by atoms with Crippen molar-refractivity contribution < 1.29 is 13.9 Å². The third kappa shape index (κ3) is 1.50. The van der Waals surface area contributed by atoms with Crippen molar-refractivity contribution in [3.05, 3.63) is 29.6 Å². The van der Waals surface area contributed by atoms with Gasteiger partial charge in [-0.1, -0.05) is 6.07 Å². The van der Waals surface area contributed by atoms with Gasteiger partial charge in [0, 0.05) is 7.05 Å². The molecule has 2 aliphatic rings. The molecule has 1 unspecified atom stereocenters. The number of likely N-dealkylation sites (N-methyl/N-ethyl adjacent to an activating group) is 1. The quantitative estimate of drug-likeness (QED) is 0.863. The smallest absolute Gasteiger partial charge is 0.244 e. The summed E-state index contributed by atoms with van der Waals surface area (Å²) in [6.45, 7) is 0. The first-order chi connectivity index (χ1) is 8.57. The predicted molar refractivity (Wildman–Crippen MR) is 63.6 cm³/mol. The zero-order chi connectivity index (χ0) is 12.9. The lowest BCUT2D eigenvalue weighted by Gasteiger charge is -2.20. The number of rotatable bonds is 2. The summed E-state index contributed by atoms with van der Waals surface area (Å²) in [4.78, 5) is 13.7. The van der Waals surface area contributed by atoms with E-state index in [1.807, 2.05) is 0 Å². The van der Waals surface area contributed by atoms with Crippen LogP contribution in [0, 0.1) is 5.82 Å². The van der Waals surface area contributed by atoms with Gasteiger partial charge in [-0.3, -0.25) is 10.1 Å². The molecular formula is C13H15FN2O2. The molecule has 1 N–H and O–H groups in total. The van der Waals surface area contributed by atoms with Gasteiger partial charge in [0.1, 0.15) is 11.7 Å². The molecule has 96 valence electrons. The minimum atomic E-state index is -0.408. The third-order valence-electron chi connectivity index (χ3n) is 3.77. The number of nitrogens with zero attached hydrogens (tertiary/aromatic N) is 1. The van der Waals surface area contributed by atoms with Crippen LogP contribution in [0.3, 0.4) is 0 Å². The van der Waals surface area contributed by atoms with Crippen molar-refractivity contribution in [3.63, 3.8) is 0 Å². The number of nitrogens with one attached hydrogen (secondary N) is 1. The monoisotopic (exact) mass is 250 g/mol. The van der Waals surface area contributed by atoms with Crippen LogP contribution < -0.4 is 10.1 Å². The lowest BCUT2D eigenvalue weighted by Crippen LogP contribution is -2.30. The molecule has 0 bridgehead atoms. The zero-order valence-electron chi connectivity index (χ0n) is 10.4. The van der Waals surface area contributed by atoms with Crippen LogP contribution in [0.5, 0.6) is 5.75 Å². The minimum absolute atomic E-state index is 0.101. The van der Waals surface area contributed by atoms with Crippen LogP contribution in [0.1, 0.15) is 24.6 Å². The average Bonchev–Trinajstić information content (AvgIpc) is 3.10. The number of ether oxygens (including phenoxy) is 1. The van der Waals surface area contributed by atoms with Gasteiger partial charge in [0.15, 0.2) is 11.6 Å². The molecule has 5 heteroatoms. The summed E-state index contributed by atoms with van der Waals surface area (Å²) in [5.41, 5.74) is 0.364. The van der Waals surface area contributed by atoms with Crippen LogP contribution >= 0.6 is 0 Å². The molecule has 18 heavy (non-hydrogen) atoms. The van der Waals surface area contributed by atoms with E-state index in [4.69, 9.17) is 4.74 Å². The molecule has 1 aliphatic heterocycles. The summed E-state index contributed by atoms with van der Waals surface area (Å²) in [5.74, 6) is -0.0926. The van der Waals surface area contributed by atoms with E-state index in [1.165, 1.54) is 13.2 Å². The molecule has 4 nitrogen and oxygen atoms in total. The topological polar surface area (TPSA) is 41.6 Å². The second-order valence-corrected chi connectivity index (χ2v) is 4.94. The fourth-order valence-electron chi connectivity index (χ4n) is 2.52. The Morgan fingerprint density at radius 3 is 2.72 bits per heavy atom. The predicted octanol–water partition coefficient (Wildman–Crippen LogP) is 1.43. The van der Waals surface area contributed by atoms with Crippen molar-refractivity contribution in [2.75, 3.05) is 14.2 Å². The van der Waals surface area contributed by atoms with E-state index in [0.29, 0.717) is 0 Å². The van der Waals surface area contributed by atoms with Crippen LogP contribution in [0.2, 0.25) is 0 Å². The lowest BCUT2D eigenvalue weighted by atomic mass is 10.1. The van der Waals surface area contributed by atoms with Crippen LogP contribution in [-0.4, -0.2) is 30.5 Å². The lowest BCUT2D eigenvalue weighted by molar-refractivity contribution is -0.129. The number of carbonyl (C=O) groups excluding carboxylic acids is 1. The maximum absolute atomic E-state index is 13.7. The molecule has 1 amide bonds. The molecule has 3 rings (SSSR count). The standard InChI is InChI=1S/C13H15FN2O2/c1-16-11(15-13(5-6-13)12(16)17)8-3-4-10(18-2)9(14)7-8/h3-4,7,11,15H,5-6H2,1-2H3. The van der Waals surface area contributed by atoms with Gasteiger partial charge in [-0.2, -0.15) is 0 Å². The van der Waals surface area contributed by atoms with Crippen LogP contribution in [-0.2, 0) is 4.79 Å². The van der Waals surface area contributed by atoms with Gasteiger partial charge < -0.3 is 9.64 Å². The number of carbonyl (C=O) groups is 1. The normalized spacial score (nSPS) is 24.7. The summed E-state index contributed by atoms with van der Waals surface area (Å²) in [7, 11) is 3.18. The van der Waals surface area contributed by atoms with E-state index >= 15 is 0 Å². The Bertz CT molecular complexity index is 514. The molecule has 0 radical (unpaired) electrons. The number of amides is 1. The molecule has 2 fully saturated rings. The molecule has 1 spiro atoms. The van der Waals surface area contributed by atoms with E-state index in [0.717, 1.165) is 18.4 Å².